The molecule has 2 N–H and O–H groups in total. The molecule has 1 saturated heterocycles. The Balaban J connectivity index is 2.07. The zero-order valence-electron chi connectivity index (χ0n) is 13.6. The van der Waals surface area contributed by atoms with Crippen LogP contribution in [0.5, 0.6) is 5.75 Å². The number of phenolic OH excluding ortho intramolecular Hbond substituents is 1. The van der Waals surface area contributed by atoms with Gasteiger partial charge in [-0.2, -0.15) is 0 Å². The first-order valence-corrected chi connectivity index (χ1v) is 8.73. The van der Waals surface area contributed by atoms with Gasteiger partial charge in [0.2, 0.25) is 0 Å². The molecule has 0 saturated carbocycles. The van der Waals surface area contributed by atoms with Gasteiger partial charge in [0.1, 0.15) is 10.7 Å². The van der Waals surface area contributed by atoms with Gasteiger partial charge in [-0.3, -0.25) is 4.79 Å². The van der Waals surface area contributed by atoms with Crippen molar-refractivity contribution in [2.45, 2.75) is 43.3 Å². The number of carbonyl (C=O) groups is 1. The number of thioether (sulfide) groups is 1. The van der Waals surface area contributed by atoms with Gasteiger partial charge in [-0.25, -0.2) is 0 Å². The van der Waals surface area contributed by atoms with Crippen molar-refractivity contribution < 1.29 is 19.7 Å². The molecule has 0 bridgehead atoms. The highest BCUT2D eigenvalue weighted by Crippen LogP contribution is 2.51. The van der Waals surface area contributed by atoms with Gasteiger partial charge in [-0.1, -0.05) is 30.4 Å². The number of benzene rings is 1. The smallest absolute Gasteiger partial charge is 0.303 e. The van der Waals surface area contributed by atoms with Gasteiger partial charge in [-0.15, -0.1) is 11.8 Å². The maximum atomic E-state index is 10.5. The summed E-state index contributed by atoms with van der Waals surface area (Å²) in [6.45, 7) is 4.72. The van der Waals surface area contributed by atoms with Crippen molar-refractivity contribution in [3.05, 3.63) is 42.0 Å². The standard InChI is InChI=1S/C18H24O4S/c1-18(2)22-12-13(8-4-3-5-11-16(20)21)17(23-18)14-9-6-7-10-15(14)19/h3-4,6-7,9-10,13,17,19H,5,8,11-12H2,1-2H3,(H,20,21)/t13-,17+/m1/s1. The molecule has 1 aromatic rings. The van der Waals surface area contributed by atoms with E-state index in [1.807, 2.05) is 44.2 Å². The van der Waals surface area contributed by atoms with Crippen molar-refractivity contribution >= 4 is 17.7 Å². The molecular formula is C18H24O4S. The maximum Gasteiger partial charge on any atom is 0.303 e. The highest BCUT2D eigenvalue weighted by atomic mass is 32.2. The Labute approximate surface area is 141 Å². The number of carboxylic acids is 1. The molecule has 126 valence electrons. The van der Waals surface area contributed by atoms with Crippen LogP contribution in [0.2, 0.25) is 0 Å². The summed E-state index contributed by atoms with van der Waals surface area (Å²) in [5, 5.41) is 19.0. The Bertz CT molecular complexity index is 568. The number of phenols is 1. The van der Waals surface area contributed by atoms with E-state index in [9.17, 15) is 9.90 Å². The largest absolute Gasteiger partial charge is 0.508 e. The van der Waals surface area contributed by atoms with Crippen LogP contribution in [0, 0.1) is 5.92 Å². The van der Waals surface area contributed by atoms with E-state index in [4.69, 9.17) is 9.84 Å². The van der Waals surface area contributed by atoms with Crippen LogP contribution in [0.25, 0.3) is 0 Å². The lowest BCUT2D eigenvalue weighted by atomic mass is 9.94. The topological polar surface area (TPSA) is 66.8 Å². The number of rotatable bonds is 6. The second-order valence-corrected chi connectivity index (χ2v) is 7.93. The summed E-state index contributed by atoms with van der Waals surface area (Å²) >= 11 is 1.72. The Morgan fingerprint density at radius 2 is 2.13 bits per heavy atom. The van der Waals surface area contributed by atoms with E-state index < -0.39 is 5.97 Å². The molecule has 0 amide bonds. The number of hydrogen-bond donors (Lipinski definition) is 2. The van der Waals surface area contributed by atoms with E-state index in [0.29, 0.717) is 18.8 Å². The Morgan fingerprint density at radius 3 is 2.83 bits per heavy atom. The summed E-state index contributed by atoms with van der Waals surface area (Å²) in [5.41, 5.74) is 0.942. The molecule has 5 heteroatoms. The van der Waals surface area contributed by atoms with Crippen LogP contribution in [0.3, 0.4) is 0 Å². The highest BCUT2D eigenvalue weighted by molar-refractivity contribution is 8.00. The number of aromatic hydroxyl groups is 1. The average molecular weight is 336 g/mol. The summed E-state index contributed by atoms with van der Waals surface area (Å²) in [7, 11) is 0. The molecule has 4 nitrogen and oxygen atoms in total. The lowest BCUT2D eigenvalue weighted by molar-refractivity contribution is -0.136. The van der Waals surface area contributed by atoms with E-state index in [1.54, 1.807) is 17.8 Å². The Morgan fingerprint density at radius 1 is 1.39 bits per heavy atom. The monoisotopic (exact) mass is 336 g/mol. The van der Waals surface area contributed by atoms with Crippen LogP contribution in [0.15, 0.2) is 36.4 Å². The molecule has 1 aliphatic rings. The normalized spacial score (nSPS) is 23.9. The summed E-state index contributed by atoms with van der Waals surface area (Å²) < 4.78 is 5.92. The molecule has 1 aromatic carbocycles. The lowest BCUT2D eigenvalue weighted by Crippen LogP contribution is -2.33. The minimum absolute atomic E-state index is 0.155. The third-order valence-corrected chi connectivity index (χ3v) is 5.44. The molecule has 1 aliphatic heterocycles. The SMILES string of the molecule is CC1(C)OC[C@@H](CC=CCCC(=O)O)[C@@H](c2ccccc2O)S1. The first kappa shape index (κ1) is 17.9. The quantitative estimate of drug-likeness (QED) is 0.756. The number of aliphatic carboxylic acids is 1. The Hall–Kier alpha value is -1.46. The van der Waals surface area contributed by atoms with Crippen molar-refractivity contribution in [2.75, 3.05) is 6.61 Å². The molecule has 2 atom stereocenters. The molecule has 1 fully saturated rings. The van der Waals surface area contributed by atoms with Crippen molar-refractivity contribution in [2.24, 2.45) is 5.92 Å². The van der Waals surface area contributed by atoms with Gasteiger partial charge in [-0.05, 0) is 32.8 Å². The molecule has 0 spiro atoms. The molecule has 1 heterocycles. The van der Waals surface area contributed by atoms with Crippen molar-refractivity contribution in [1.82, 2.24) is 0 Å². The van der Waals surface area contributed by atoms with Crippen LogP contribution in [0.1, 0.15) is 43.9 Å². The second-order valence-electron chi connectivity index (χ2n) is 6.21. The average Bonchev–Trinajstić information content (AvgIpc) is 2.48. The maximum absolute atomic E-state index is 10.5. The second kappa shape index (κ2) is 7.88. The minimum atomic E-state index is -0.778. The molecule has 0 unspecified atom stereocenters. The van der Waals surface area contributed by atoms with Crippen LogP contribution in [0.4, 0.5) is 0 Å². The highest BCUT2D eigenvalue weighted by Gasteiger charge is 2.37. The number of carboxylic acid groups (broad SMARTS) is 1. The first-order chi connectivity index (χ1) is 10.9. The van der Waals surface area contributed by atoms with Gasteiger partial charge in [0.05, 0.1) is 6.61 Å². The molecule has 0 radical (unpaired) electrons. The lowest BCUT2D eigenvalue weighted by Gasteiger charge is -2.40. The van der Waals surface area contributed by atoms with Crippen LogP contribution in [-0.2, 0) is 9.53 Å². The van der Waals surface area contributed by atoms with E-state index in [1.165, 1.54) is 0 Å². The molecule has 0 aliphatic carbocycles. The van der Waals surface area contributed by atoms with Gasteiger partial charge < -0.3 is 14.9 Å². The number of ether oxygens (including phenoxy) is 1. The summed E-state index contributed by atoms with van der Waals surface area (Å²) in [5.74, 6) is -0.204. The minimum Gasteiger partial charge on any atom is -0.508 e. The fraction of sp³-hybridized carbons (Fsp3) is 0.500. The van der Waals surface area contributed by atoms with Crippen molar-refractivity contribution in [3.8, 4) is 5.75 Å². The number of allylic oxidation sites excluding steroid dienone is 2. The van der Waals surface area contributed by atoms with E-state index >= 15 is 0 Å². The third kappa shape index (κ3) is 5.29. The van der Waals surface area contributed by atoms with Crippen LogP contribution in [-0.4, -0.2) is 27.7 Å². The number of para-hydroxylation sites is 1. The molecule has 0 aromatic heterocycles. The van der Waals surface area contributed by atoms with E-state index in [0.717, 1.165) is 12.0 Å². The molecular weight excluding hydrogens is 312 g/mol. The summed E-state index contributed by atoms with van der Waals surface area (Å²) in [4.78, 5) is 10.2. The van der Waals surface area contributed by atoms with Gasteiger partial charge >= 0.3 is 5.97 Å². The van der Waals surface area contributed by atoms with E-state index in [-0.39, 0.29) is 22.5 Å². The molecule has 2 rings (SSSR count). The van der Waals surface area contributed by atoms with Crippen LogP contribution < -0.4 is 0 Å². The van der Waals surface area contributed by atoms with Gasteiger partial charge in [0.15, 0.2) is 0 Å². The zero-order valence-corrected chi connectivity index (χ0v) is 14.4. The fourth-order valence-corrected chi connectivity index (χ4v) is 4.12. The van der Waals surface area contributed by atoms with Crippen molar-refractivity contribution in [1.29, 1.82) is 0 Å². The predicted octanol–water partition coefficient (Wildman–Crippen LogP) is 4.36. The summed E-state index contributed by atoms with van der Waals surface area (Å²) in [6.07, 6.45) is 5.45. The van der Waals surface area contributed by atoms with Gasteiger partial charge in [0.25, 0.3) is 0 Å². The molecule has 23 heavy (non-hydrogen) atoms. The summed E-state index contributed by atoms with van der Waals surface area (Å²) in [6, 6.07) is 7.46. The Kier molecular flexibility index (Phi) is 6.13. The van der Waals surface area contributed by atoms with E-state index in [2.05, 4.69) is 0 Å². The fourth-order valence-electron chi connectivity index (χ4n) is 2.66. The number of hydrogen-bond acceptors (Lipinski definition) is 4. The predicted molar refractivity (Wildman–Crippen MR) is 92.6 cm³/mol. The third-order valence-electron chi connectivity index (χ3n) is 3.86. The van der Waals surface area contributed by atoms with Crippen molar-refractivity contribution in [3.63, 3.8) is 0 Å². The first-order valence-electron chi connectivity index (χ1n) is 7.85. The van der Waals surface area contributed by atoms with Gasteiger partial charge in [0, 0.05) is 23.2 Å². The zero-order chi connectivity index (χ0) is 16.9. The van der Waals surface area contributed by atoms with Crippen LogP contribution >= 0.6 is 11.8 Å².